The predicted molar refractivity (Wildman–Crippen MR) is 76.9 cm³/mol. The maximum absolute atomic E-state index is 9.77. The number of aliphatic hydroxyl groups excluding tert-OH is 4. The molecule has 0 bridgehead atoms. The molecule has 1 aliphatic heterocycles. The first kappa shape index (κ1) is 16.9. The predicted octanol–water partition coefficient (Wildman–Crippen LogP) is -0.778. The molecule has 1 aliphatic rings. The highest BCUT2D eigenvalue weighted by atomic mass is 16.7. The number of aromatic hydroxyl groups is 1. The van der Waals surface area contributed by atoms with E-state index < -0.39 is 37.3 Å². The first-order valence-electron chi connectivity index (χ1n) is 6.90. The lowest BCUT2D eigenvalue weighted by Crippen LogP contribution is -2.59. The van der Waals surface area contributed by atoms with E-state index in [0.29, 0.717) is 0 Å². The summed E-state index contributed by atoms with van der Waals surface area (Å²) in [6, 6.07) is 6.55. The van der Waals surface area contributed by atoms with Crippen LogP contribution in [0.15, 0.2) is 30.3 Å². The maximum Gasteiger partial charge on any atom is 0.187 e. The van der Waals surface area contributed by atoms with E-state index >= 15 is 0 Å². The van der Waals surface area contributed by atoms with E-state index in [4.69, 9.17) is 19.7 Å². The van der Waals surface area contributed by atoms with Crippen LogP contribution in [-0.4, -0.2) is 69.5 Å². The van der Waals surface area contributed by atoms with Crippen molar-refractivity contribution in [1.29, 1.82) is 0 Å². The molecule has 0 radical (unpaired) electrons. The highest BCUT2D eigenvalue weighted by Crippen LogP contribution is 2.22. The van der Waals surface area contributed by atoms with Crippen LogP contribution in [0.5, 0.6) is 5.75 Å². The zero-order chi connectivity index (χ0) is 16.1. The average Bonchev–Trinajstić information content (AvgIpc) is 2.53. The number of phenolic OH excluding ortho intramolecular Hbond substituents is 1. The number of aliphatic hydroxyl groups is 4. The Morgan fingerprint density at radius 3 is 2.36 bits per heavy atom. The van der Waals surface area contributed by atoms with Gasteiger partial charge in [-0.15, -0.1) is 0 Å². The summed E-state index contributed by atoms with van der Waals surface area (Å²) in [5.41, 5.74) is 0.857. The minimum Gasteiger partial charge on any atom is -0.508 e. The van der Waals surface area contributed by atoms with E-state index in [9.17, 15) is 15.3 Å². The van der Waals surface area contributed by atoms with Crippen molar-refractivity contribution in [2.24, 2.45) is 0 Å². The lowest BCUT2D eigenvalue weighted by atomic mass is 9.99. The second-order valence-corrected chi connectivity index (χ2v) is 5.02. The maximum atomic E-state index is 9.77. The lowest BCUT2D eigenvalue weighted by molar-refractivity contribution is -0.298. The molecule has 1 fully saturated rings. The monoisotopic (exact) mass is 312 g/mol. The molecule has 5 atom stereocenters. The van der Waals surface area contributed by atoms with Gasteiger partial charge in [0.05, 0.1) is 13.2 Å². The summed E-state index contributed by atoms with van der Waals surface area (Å²) >= 11 is 0. The molecule has 22 heavy (non-hydrogen) atoms. The minimum atomic E-state index is -1.45. The van der Waals surface area contributed by atoms with Gasteiger partial charge in [-0.2, -0.15) is 0 Å². The van der Waals surface area contributed by atoms with Crippen LogP contribution in [0.2, 0.25) is 0 Å². The Morgan fingerprint density at radius 2 is 1.73 bits per heavy atom. The Morgan fingerprint density at radius 1 is 1.05 bits per heavy atom. The molecule has 2 rings (SSSR count). The summed E-state index contributed by atoms with van der Waals surface area (Å²) in [6.45, 7) is -0.391. The topological polar surface area (TPSA) is 120 Å². The zero-order valence-corrected chi connectivity index (χ0v) is 11.8. The highest BCUT2D eigenvalue weighted by molar-refractivity contribution is 5.50. The van der Waals surface area contributed by atoms with Crippen molar-refractivity contribution in [3.8, 4) is 5.75 Å². The first-order valence-corrected chi connectivity index (χ1v) is 6.90. The van der Waals surface area contributed by atoms with Crippen LogP contribution in [0.4, 0.5) is 0 Å². The number of benzene rings is 1. The average molecular weight is 312 g/mol. The third-order valence-electron chi connectivity index (χ3n) is 3.41. The van der Waals surface area contributed by atoms with Crippen molar-refractivity contribution in [2.45, 2.75) is 30.7 Å². The van der Waals surface area contributed by atoms with E-state index in [1.807, 2.05) is 0 Å². The van der Waals surface area contributed by atoms with Gasteiger partial charge in [0.15, 0.2) is 6.29 Å². The quantitative estimate of drug-likeness (QED) is 0.484. The first-order chi connectivity index (χ1) is 10.5. The summed E-state index contributed by atoms with van der Waals surface area (Å²) < 4.78 is 10.5. The Hall–Kier alpha value is -1.48. The fourth-order valence-corrected chi connectivity index (χ4v) is 2.13. The van der Waals surface area contributed by atoms with Gasteiger partial charge >= 0.3 is 0 Å². The highest BCUT2D eigenvalue weighted by Gasteiger charge is 2.43. The molecule has 1 heterocycles. The number of hydrogen-bond acceptors (Lipinski definition) is 7. The third kappa shape index (κ3) is 4.04. The van der Waals surface area contributed by atoms with E-state index in [2.05, 4.69) is 0 Å². The van der Waals surface area contributed by atoms with Crippen LogP contribution < -0.4 is 0 Å². The Bertz CT molecular complexity index is 485. The van der Waals surface area contributed by atoms with Crippen molar-refractivity contribution in [2.75, 3.05) is 13.2 Å². The largest absolute Gasteiger partial charge is 0.508 e. The summed E-state index contributed by atoms with van der Waals surface area (Å²) in [5.74, 6) is 0.176. The molecular weight excluding hydrogens is 292 g/mol. The summed E-state index contributed by atoms with van der Waals surface area (Å²) in [5, 5.41) is 47.2. The molecule has 122 valence electrons. The molecule has 0 aliphatic carbocycles. The SMILES string of the molecule is OCC1OC(OC/C=C/c2ccc(O)cc2)C(O)C(O)C1O. The zero-order valence-electron chi connectivity index (χ0n) is 11.8. The molecular formula is C15H20O7. The lowest BCUT2D eigenvalue weighted by Gasteiger charge is -2.39. The Kier molecular flexibility index (Phi) is 5.90. The minimum absolute atomic E-state index is 0.101. The van der Waals surface area contributed by atoms with Gasteiger partial charge in [0.2, 0.25) is 0 Å². The molecule has 0 saturated carbocycles. The fourth-order valence-electron chi connectivity index (χ4n) is 2.13. The van der Waals surface area contributed by atoms with Gasteiger partial charge in [-0.3, -0.25) is 0 Å². The van der Waals surface area contributed by atoms with Gasteiger partial charge in [0.1, 0.15) is 30.2 Å². The molecule has 5 N–H and O–H groups in total. The molecule has 1 saturated heterocycles. The molecule has 0 aromatic heterocycles. The second kappa shape index (κ2) is 7.68. The summed E-state index contributed by atoms with van der Waals surface area (Å²) in [6.07, 6.45) is -2.94. The molecule has 5 unspecified atom stereocenters. The van der Waals surface area contributed by atoms with Gasteiger partial charge in [-0.25, -0.2) is 0 Å². The molecule has 0 spiro atoms. The standard InChI is InChI=1S/C15H20O7/c16-8-11-12(18)13(19)14(20)15(22-11)21-7-1-2-9-3-5-10(17)6-4-9/h1-6,11-20H,7-8H2/b2-1+. The Balaban J connectivity index is 1.86. The normalized spacial score (nSPS) is 32.5. The van der Waals surface area contributed by atoms with Crippen LogP contribution in [0.3, 0.4) is 0 Å². The van der Waals surface area contributed by atoms with Gasteiger partial charge in [0.25, 0.3) is 0 Å². The number of phenols is 1. The van der Waals surface area contributed by atoms with Crippen LogP contribution in [-0.2, 0) is 9.47 Å². The summed E-state index contributed by atoms with van der Waals surface area (Å²) in [4.78, 5) is 0. The molecule has 7 nitrogen and oxygen atoms in total. The number of rotatable bonds is 5. The van der Waals surface area contributed by atoms with Crippen molar-refractivity contribution in [1.82, 2.24) is 0 Å². The number of hydrogen-bond donors (Lipinski definition) is 5. The molecule has 1 aromatic carbocycles. The summed E-state index contributed by atoms with van der Waals surface area (Å²) in [7, 11) is 0. The second-order valence-electron chi connectivity index (χ2n) is 5.02. The van der Waals surface area contributed by atoms with Gasteiger partial charge in [-0.1, -0.05) is 24.3 Å². The van der Waals surface area contributed by atoms with E-state index in [1.54, 1.807) is 36.4 Å². The number of ether oxygens (including phenoxy) is 2. The van der Waals surface area contributed by atoms with Gasteiger partial charge in [-0.05, 0) is 17.7 Å². The van der Waals surface area contributed by atoms with E-state index in [0.717, 1.165) is 5.56 Å². The Labute approximate surface area is 127 Å². The molecule has 7 heteroatoms. The van der Waals surface area contributed by atoms with Crippen LogP contribution in [0.25, 0.3) is 6.08 Å². The van der Waals surface area contributed by atoms with Crippen molar-refractivity contribution in [3.63, 3.8) is 0 Å². The van der Waals surface area contributed by atoms with E-state index in [1.165, 1.54) is 0 Å². The smallest absolute Gasteiger partial charge is 0.187 e. The third-order valence-corrected chi connectivity index (χ3v) is 3.41. The van der Waals surface area contributed by atoms with Crippen molar-refractivity contribution >= 4 is 6.08 Å². The van der Waals surface area contributed by atoms with Crippen molar-refractivity contribution < 1.29 is 35.0 Å². The van der Waals surface area contributed by atoms with E-state index in [-0.39, 0.29) is 12.4 Å². The van der Waals surface area contributed by atoms with Crippen LogP contribution in [0.1, 0.15) is 5.56 Å². The van der Waals surface area contributed by atoms with Gasteiger partial charge < -0.3 is 35.0 Å². The molecule has 0 amide bonds. The van der Waals surface area contributed by atoms with Crippen LogP contribution in [0, 0.1) is 0 Å². The van der Waals surface area contributed by atoms with Crippen molar-refractivity contribution in [3.05, 3.63) is 35.9 Å². The molecule has 1 aromatic rings. The fraction of sp³-hybridized carbons (Fsp3) is 0.467. The van der Waals surface area contributed by atoms with Gasteiger partial charge in [0, 0.05) is 0 Å². The van der Waals surface area contributed by atoms with Crippen LogP contribution >= 0.6 is 0 Å².